The number of rotatable bonds is 7. The summed E-state index contributed by atoms with van der Waals surface area (Å²) >= 11 is 0. The fourth-order valence-corrected chi connectivity index (χ4v) is 2.78. The van der Waals surface area contributed by atoms with Gasteiger partial charge in [-0.2, -0.15) is 0 Å². The molecule has 1 heterocycles. The number of hydrogen-bond acceptors (Lipinski definition) is 2. The maximum atomic E-state index is 13.2. The summed E-state index contributed by atoms with van der Waals surface area (Å²) in [5.41, 5.74) is 1.95. The molecule has 4 heteroatoms. The second-order valence-corrected chi connectivity index (χ2v) is 5.91. The van der Waals surface area contributed by atoms with Crippen molar-refractivity contribution in [2.45, 2.75) is 18.8 Å². The first kappa shape index (κ1) is 17.0. The second kappa shape index (κ2) is 8.29. The van der Waals surface area contributed by atoms with Crippen molar-refractivity contribution in [1.82, 2.24) is 5.32 Å². The minimum absolute atomic E-state index is 0.0843. The Morgan fingerprint density at radius 1 is 1.00 bits per heavy atom. The Hall–Kier alpha value is -2.88. The monoisotopic (exact) mass is 337 g/mol. The number of benzene rings is 2. The van der Waals surface area contributed by atoms with Crippen molar-refractivity contribution in [3.63, 3.8) is 0 Å². The lowest BCUT2D eigenvalue weighted by Gasteiger charge is -2.16. The molecule has 0 saturated heterocycles. The summed E-state index contributed by atoms with van der Waals surface area (Å²) in [4.78, 5) is 12.7. The van der Waals surface area contributed by atoms with Crippen molar-refractivity contribution in [1.29, 1.82) is 0 Å². The highest BCUT2D eigenvalue weighted by molar-refractivity contribution is 5.83. The molecule has 1 unspecified atom stereocenters. The molecule has 25 heavy (non-hydrogen) atoms. The molecule has 3 nitrogen and oxygen atoms in total. The van der Waals surface area contributed by atoms with Crippen LogP contribution in [0.1, 0.15) is 22.8 Å². The van der Waals surface area contributed by atoms with E-state index in [0.29, 0.717) is 13.0 Å². The number of carbonyl (C=O) groups excluding carboxylic acids is 1. The molecule has 0 fully saturated rings. The van der Waals surface area contributed by atoms with Gasteiger partial charge in [0.2, 0.25) is 5.91 Å². The molecule has 0 spiro atoms. The molecule has 3 aromatic rings. The minimum Gasteiger partial charge on any atom is -0.469 e. The predicted molar refractivity (Wildman–Crippen MR) is 94.7 cm³/mol. The predicted octanol–water partition coefficient (Wildman–Crippen LogP) is 4.10. The maximum absolute atomic E-state index is 13.2. The van der Waals surface area contributed by atoms with Crippen LogP contribution in [0.3, 0.4) is 0 Å². The third-order valence-electron chi connectivity index (χ3n) is 4.13. The number of carbonyl (C=O) groups is 1. The van der Waals surface area contributed by atoms with Gasteiger partial charge in [-0.1, -0.05) is 42.5 Å². The van der Waals surface area contributed by atoms with Crippen LogP contribution in [0.25, 0.3) is 0 Å². The van der Waals surface area contributed by atoms with E-state index in [0.717, 1.165) is 17.7 Å². The Bertz CT molecular complexity index is 783. The van der Waals surface area contributed by atoms with Crippen LogP contribution >= 0.6 is 0 Å². The SMILES string of the molecule is O=C(NCCc1ccccc1)C(Cc1ccco1)c1ccc(F)cc1. The minimum atomic E-state index is -0.414. The van der Waals surface area contributed by atoms with Crippen molar-refractivity contribution in [3.8, 4) is 0 Å². The topological polar surface area (TPSA) is 42.2 Å². The largest absolute Gasteiger partial charge is 0.469 e. The highest BCUT2D eigenvalue weighted by Gasteiger charge is 2.22. The van der Waals surface area contributed by atoms with Gasteiger partial charge in [0.05, 0.1) is 12.2 Å². The molecule has 1 amide bonds. The van der Waals surface area contributed by atoms with Gasteiger partial charge in [-0.3, -0.25) is 4.79 Å². The standard InChI is InChI=1S/C21H20FNO2/c22-18-10-8-17(9-11-18)20(15-19-7-4-14-25-19)21(24)23-13-12-16-5-2-1-3-6-16/h1-11,14,20H,12-13,15H2,(H,23,24). The van der Waals surface area contributed by atoms with Crippen LogP contribution in [0.2, 0.25) is 0 Å². The number of hydrogen-bond donors (Lipinski definition) is 1. The van der Waals surface area contributed by atoms with Crippen molar-refractivity contribution in [2.75, 3.05) is 6.54 Å². The maximum Gasteiger partial charge on any atom is 0.228 e. The van der Waals surface area contributed by atoms with Crippen molar-refractivity contribution in [2.24, 2.45) is 0 Å². The first-order valence-electron chi connectivity index (χ1n) is 8.32. The highest BCUT2D eigenvalue weighted by atomic mass is 19.1. The summed E-state index contributed by atoms with van der Waals surface area (Å²) in [6.45, 7) is 0.554. The van der Waals surface area contributed by atoms with E-state index in [1.807, 2.05) is 36.4 Å². The first-order valence-corrected chi connectivity index (χ1v) is 8.32. The third-order valence-corrected chi connectivity index (χ3v) is 4.13. The van der Waals surface area contributed by atoms with Gasteiger partial charge in [0.25, 0.3) is 0 Å². The zero-order valence-corrected chi connectivity index (χ0v) is 13.8. The first-order chi connectivity index (χ1) is 12.2. The molecule has 1 atom stereocenters. The fraction of sp³-hybridized carbons (Fsp3) is 0.190. The molecule has 0 radical (unpaired) electrons. The van der Waals surface area contributed by atoms with E-state index in [4.69, 9.17) is 4.42 Å². The Labute approximate surface area is 146 Å². The molecular formula is C21H20FNO2. The van der Waals surface area contributed by atoms with Gasteiger partial charge in [0, 0.05) is 13.0 Å². The van der Waals surface area contributed by atoms with E-state index in [-0.39, 0.29) is 11.7 Å². The molecule has 1 aromatic heterocycles. The van der Waals surface area contributed by atoms with Crippen LogP contribution in [0.15, 0.2) is 77.4 Å². The molecule has 0 aliphatic carbocycles. The molecule has 0 bridgehead atoms. The molecule has 0 aliphatic rings. The molecular weight excluding hydrogens is 317 g/mol. The molecule has 0 aliphatic heterocycles. The van der Waals surface area contributed by atoms with Gasteiger partial charge in [-0.15, -0.1) is 0 Å². The zero-order chi connectivity index (χ0) is 17.5. The number of nitrogens with one attached hydrogen (secondary N) is 1. The lowest BCUT2D eigenvalue weighted by atomic mass is 9.93. The molecule has 1 N–H and O–H groups in total. The van der Waals surface area contributed by atoms with Gasteiger partial charge in [0.1, 0.15) is 11.6 Å². The summed E-state index contributed by atoms with van der Waals surface area (Å²) in [5, 5.41) is 2.98. The molecule has 2 aromatic carbocycles. The van der Waals surface area contributed by atoms with Gasteiger partial charge >= 0.3 is 0 Å². The molecule has 3 rings (SSSR count). The zero-order valence-electron chi connectivity index (χ0n) is 13.8. The van der Waals surface area contributed by atoms with Gasteiger partial charge in [-0.25, -0.2) is 4.39 Å². The van der Waals surface area contributed by atoms with E-state index in [1.165, 1.54) is 17.7 Å². The normalized spacial score (nSPS) is 11.9. The number of furan rings is 1. The van der Waals surface area contributed by atoms with E-state index >= 15 is 0 Å². The highest BCUT2D eigenvalue weighted by Crippen LogP contribution is 2.22. The smallest absolute Gasteiger partial charge is 0.228 e. The second-order valence-electron chi connectivity index (χ2n) is 5.91. The van der Waals surface area contributed by atoms with Crippen LogP contribution < -0.4 is 5.32 Å². The van der Waals surface area contributed by atoms with Crippen molar-refractivity contribution >= 4 is 5.91 Å². The van der Waals surface area contributed by atoms with Crippen LogP contribution in [-0.4, -0.2) is 12.5 Å². The van der Waals surface area contributed by atoms with Crippen LogP contribution in [0.4, 0.5) is 4.39 Å². The van der Waals surface area contributed by atoms with Crippen LogP contribution in [0.5, 0.6) is 0 Å². The Morgan fingerprint density at radius 3 is 2.44 bits per heavy atom. The average molecular weight is 337 g/mol. The fourth-order valence-electron chi connectivity index (χ4n) is 2.78. The lowest BCUT2D eigenvalue weighted by Crippen LogP contribution is -2.32. The number of amides is 1. The van der Waals surface area contributed by atoms with Gasteiger partial charge in [-0.05, 0) is 41.8 Å². The Balaban J connectivity index is 1.67. The lowest BCUT2D eigenvalue weighted by molar-refractivity contribution is -0.122. The third kappa shape index (κ3) is 4.80. The quantitative estimate of drug-likeness (QED) is 0.705. The van der Waals surface area contributed by atoms with Crippen LogP contribution in [-0.2, 0) is 17.6 Å². The Morgan fingerprint density at radius 2 is 1.76 bits per heavy atom. The van der Waals surface area contributed by atoms with Gasteiger partial charge < -0.3 is 9.73 Å². The van der Waals surface area contributed by atoms with E-state index in [9.17, 15) is 9.18 Å². The van der Waals surface area contributed by atoms with Gasteiger partial charge in [0.15, 0.2) is 0 Å². The Kier molecular flexibility index (Phi) is 5.62. The molecule has 128 valence electrons. The van der Waals surface area contributed by atoms with Crippen molar-refractivity contribution < 1.29 is 13.6 Å². The summed E-state index contributed by atoms with van der Waals surface area (Å²) in [7, 11) is 0. The number of halogens is 1. The van der Waals surface area contributed by atoms with Crippen molar-refractivity contribution in [3.05, 3.63) is 95.7 Å². The average Bonchev–Trinajstić information content (AvgIpc) is 3.15. The summed E-state index contributed by atoms with van der Waals surface area (Å²) in [6, 6.07) is 19.7. The summed E-state index contributed by atoms with van der Waals surface area (Å²) < 4.78 is 18.6. The summed E-state index contributed by atoms with van der Waals surface area (Å²) in [6.07, 6.45) is 2.80. The van der Waals surface area contributed by atoms with E-state index < -0.39 is 5.92 Å². The van der Waals surface area contributed by atoms with Crippen LogP contribution in [0, 0.1) is 5.82 Å². The van der Waals surface area contributed by atoms with E-state index in [2.05, 4.69) is 5.32 Å². The summed E-state index contributed by atoms with van der Waals surface area (Å²) in [5.74, 6) is -0.0843. The van der Waals surface area contributed by atoms with E-state index in [1.54, 1.807) is 24.5 Å². The molecule has 0 saturated carbocycles.